The Kier molecular flexibility index (Phi) is 8.47. The first-order chi connectivity index (χ1) is 7.54. The Labute approximate surface area is 99.1 Å². The van der Waals surface area contributed by atoms with Gasteiger partial charge >= 0.3 is 0 Å². The van der Waals surface area contributed by atoms with Crippen molar-refractivity contribution >= 4 is 18.5 Å². The summed E-state index contributed by atoms with van der Waals surface area (Å²) in [6.45, 7) is 0. The fourth-order valence-electron chi connectivity index (χ4n) is 1.10. The van der Waals surface area contributed by atoms with Crippen LogP contribution in [0.25, 0.3) is 0 Å². The average Bonchev–Trinajstić information content (AvgIpc) is 2.32. The highest BCUT2D eigenvalue weighted by atomic mass is 32.1. The second-order valence-electron chi connectivity index (χ2n) is 3.20. The highest BCUT2D eigenvalue weighted by Crippen LogP contribution is 2.03. The largest absolute Gasteiger partial charge is 0.377 e. The molecule has 0 aromatic carbocycles. The summed E-state index contributed by atoms with van der Waals surface area (Å²) in [5, 5.41) is 21.1. The minimum Gasteiger partial charge on any atom is -0.377 e. The summed E-state index contributed by atoms with van der Waals surface area (Å²) in [5.41, 5.74) is 4.26. The molecular formula is C7H19N5O3S. The maximum Gasteiger partial charge on any atom is 0.230 e. The van der Waals surface area contributed by atoms with Gasteiger partial charge in [-0.05, 0) is 12.8 Å². The number of hydrazine groups is 2. The van der Waals surface area contributed by atoms with Crippen LogP contribution in [0, 0.1) is 0 Å². The summed E-state index contributed by atoms with van der Waals surface area (Å²) in [4.78, 5) is 11.1. The molecule has 0 aliphatic rings. The van der Waals surface area contributed by atoms with E-state index in [-0.39, 0.29) is 18.1 Å². The molecule has 0 aliphatic heterocycles. The molecule has 0 bridgehead atoms. The number of carbonyl (C=O) groups is 1. The molecular weight excluding hydrogens is 234 g/mol. The number of nitrogens with one attached hydrogen (secondary N) is 3. The lowest BCUT2D eigenvalue weighted by Crippen LogP contribution is -2.53. The van der Waals surface area contributed by atoms with Crippen LogP contribution >= 0.6 is 12.6 Å². The first kappa shape index (κ1) is 15.6. The number of carbonyl (C=O) groups excluding carboxylic acids is 1. The van der Waals surface area contributed by atoms with Crippen molar-refractivity contribution in [3.63, 3.8) is 0 Å². The summed E-state index contributed by atoms with van der Waals surface area (Å²) in [6, 6.07) is -0.618. The van der Waals surface area contributed by atoms with E-state index in [1.54, 1.807) is 0 Å². The van der Waals surface area contributed by atoms with Crippen molar-refractivity contribution in [1.82, 2.24) is 16.2 Å². The summed E-state index contributed by atoms with van der Waals surface area (Å²) in [5.74, 6) is 9.72. The van der Waals surface area contributed by atoms with E-state index in [0.29, 0.717) is 6.42 Å². The molecule has 0 aromatic rings. The number of aliphatic hydroxyl groups excluding tert-OH is 2. The van der Waals surface area contributed by atoms with Gasteiger partial charge in [-0.2, -0.15) is 12.6 Å². The third kappa shape index (κ3) is 6.23. The number of hydrogen-bond donors (Lipinski definition) is 8. The van der Waals surface area contributed by atoms with Gasteiger partial charge in [-0.3, -0.25) is 16.5 Å². The maximum absolute atomic E-state index is 11.1. The predicted molar refractivity (Wildman–Crippen MR) is 61.7 cm³/mol. The highest BCUT2D eigenvalue weighted by Gasteiger charge is 2.20. The first-order valence-electron chi connectivity index (χ1n) is 4.73. The molecule has 1 amide bonds. The minimum atomic E-state index is -1.10. The van der Waals surface area contributed by atoms with Crippen LogP contribution in [0.5, 0.6) is 0 Å². The van der Waals surface area contributed by atoms with E-state index in [1.165, 1.54) is 0 Å². The molecule has 3 atom stereocenters. The van der Waals surface area contributed by atoms with E-state index in [0.717, 1.165) is 0 Å². The van der Waals surface area contributed by atoms with E-state index in [4.69, 9.17) is 16.8 Å². The molecule has 0 aromatic heterocycles. The topological polar surface area (TPSA) is 146 Å². The van der Waals surface area contributed by atoms with Crippen molar-refractivity contribution in [1.29, 1.82) is 0 Å². The average molecular weight is 253 g/mol. The van der Waals surface area contributed by atoms with Crippen LogP contribution in [0.2, 0.25) is 0 Å². The van der Waals surface area contributed by atoms with Crippen LogP contribution in [-0.4, -0.2) is 40.4 Å². The summed E-state index contributed by atoms with van der Waals surface area (Å²) < 4.78 is 0. The number of rotatable bonds is 8. The van der Waals surface area contributed by atoms with Gasteiger partial charge in [0.15, 0.2) is 0 Å². The third-order valence-electron chi connectivity index (χ3n) is 1.99. The smallest absolute Gasteiger partial charge is 0.230 e. The molecule has 9 N–H and O–H groups in total. The lowest BCUT2D eigenvalue weighted by atomic mass is 10.1. The lowest BCUT2D eigenvalue weighted by molar-refractivity contribution is -0.120. The maximum atomic E-state index is 11.1. The van der Waals surface area contributed by atoms with Crippen molar-refractivity contribution in [3.05, 3.63) is 0 Å². The minimum absolute atomic E-state index is 0.00544. The Balaban J connectivity index is 4.15. The van der Waals surface area contributed by atoms with Crippen molar-refractivity contribution in [2.75, 3.05) is 5.75 Å². The van der Waals surface area contributed by atoms with E-state index in [2.05, 4.69) is 28.8 Å². The van der Waals surface area contributed by atoms with E-state index in [1.807, 2.05) is 0 Å². The Morgan fingerprint density at radius 2 is 1.88 bits per heavy atom. The van der Waals surface area contributed by atoms with Crippen molar-refractivity contribution < 1.29 is 15.0 Å². The van der Waals surface area contributed by atoms with Crippen LogP contribution in [0.4, 0.5) is 0 Å². The van der Waals surface area contributed by atoms with Crippen molar-refractivity contribution in [2.24, 2.45) is 11.7 Å². The number of hydrogen-bond acceptors (Lipinski definition) is 8. The molecule has 0 aliphatic carbocycles. The summed E-state index contributed by atoms with van der Waals surface area (Å²) in [6.07, 6.45) is -1.45. The fraction of sp³-hybridized carbons (Fsp3) is 0.857. The second kappa shape index (κ2) is 8.70. The van der Waals surface area contributed by atoms with Crippen LogP contribution in [0.3, 0.4) is 0 Å². The van der Waals surface area contributed by atoms with Crippen LogP contribution in [0.1, 0.15) is 12.8 Å². The van der Waals surface area contributed by atoms with Gasteiger partial charge in [0, 0.05) is 0 Å². The summed E-state index contributed by atoms with van der Waals surface area (Å²) in [7, 11) is 0. The van der Waals surface area contributed by atoms with Gasteiger partial charge < -0.3 is 15.5 Å². The zero-order valence-corrected chi connectivity index (χ0v) is 9.65. The number of amides is 1. The van der Waals surface area contributed by atoms with Gasteiger partial charge in [0.1, 0.15) is 12.5 Å². The normalized spacial score (nSPS) is 16.6. The Hall–Kier alpha value is -0.420. The number of thiol groups is 1. The van der Waals surface area contributed by atoms with Gasteiger partial charge in [-0.1, -0.05) is 0 Å². The SMILES string of the molecule is NNC(O)CCC(NC(=O)CS)C(O)NN. The second-order valence-corrected chi connectivity index (χ2v) is 3.52. The highest BCUT2D eigenvalue weighted by molar-refractivity contribution is 7.81. The molecule has 8 nitrogen and oxygen atoms in total. The van der Waals surface area contributed by atoms with Crippen LogP contribution in [-0.2, 0) is 4.79 Å². The molecule has 0 radical (unpaired) electrons. The van der Waals surface area contributed by atoms with E-state index < -0.39 is 18.5 Å². The van der Waals surface area contributed by atoms with Crippen LogP contribution < -0.4 is 27.9 Å². The predicted octanol–water partition coefficient (Wildman–Crippen LogP) is -3.26. The Morgan fingerprint density at radius 1 is 1.25 bits per heavy atom. The van der Waals surface area contributed by atoms with Gasteiger partial charge in [-0.25, -0.2) is 10.9 Å². The first-order valence-corrected chi connectivity index (χ1v) is 5.37. The lowest BCUT2D eigenvalue weighted by Gasteiger charge is -2.24. The Morgan fingerprint density at radius 3 is 2.31 bits per heavy atom. The molecule has 96 valence electrons. The van der Waals surface area contributed by atoms with Gasteiger partial charge in [0.05, 0.1) is 11.8 Å². The van der Waals surface area contributed by atoms with Gasteiger partial charge in [0.25, 0.3) is 0 Å². The molecule has 0 saturated heterocycles. The molecule has 3 unspecified atom stereocenters. The zero-order valence-electron chi connectivity index (χ0n) is 8.76. The molecule has 0 heterocycles. The number of aliphatic hydroxyl groups is 2. The number of nitrogens with two attached hydrogens (primary N) is 2. The molecule has 0 spiro atoms. The molecule has 0 rings (SSSR count). The quantitative estimate of drug-likeness (QED) is 0.0980. The van der Waals surface area contributed by atoms with E-state index in [9.17, 15) is 9.90 Å². The van der Waals surface area contributed by atoms with Gasteiger partial charge in [0.2, 0.25) is 5.91 Å². The van der Waals surface area contributed by atoms with Crippen molar-refractivity contribution in [3.8, 4) is 0 Å². The van der Waals surface area contributed by atoms with Gasteiger partial charge in [-0.15, -0.1) is 0 Å². The monoisotopic (exact) mass is 253 g/mol. The molecule has 9 heteroatoms. The van der Waals surface area contributed by atoms with Crippen LogP contribution in [0.15, 0.2) is 0 Å². The molecule has 0 fully saturated rings. The zero-order chi connectivity index (χ0) is 12.6. The third-order valence-corrected chi connectivity index (χ3v) is 2.27. The molecule has 0 saturated carbocycles. The van der Waals surface area contributed by atoms with E-state index >= 15 is 0 Å². The standard InChI is InChI=1S/C7H19N5O3S/c8-11-5(13)2-1-4(7(15)12-9)10-6(14)3-16/h4-5,7,11-13,15-16H,1-3,8-9H2,(H,10,14). The fourth-order valence-corrected chi connectivity index (χ4v) is 1.19. The van der Waals surface area contributed by atoms with Crippen molar-refractivity contribution in [2.45, 2.75) is 31.3 Å². The summed E-state index contributed by atoms with van der Waals surface area (Å²) >= 11 is 3.79. The molecule has 16 heavy (non-hydrogen) atoms. The Bertz CT molecular complexity index is 208.